The number of ketones is 1. The van der Waals surface area contributed by atoms with Crippen molar-refractivity contribution in [3.05, 3.63) is 35.9 Å². The maximum absolute atomic E-state index is 12.8. The summed E-state index contributed by atoms with van der Waals surface area (Å²) in [6.07, 6.45) is 3.58. The van der Waals surface area contributed by atoms with Gasteiger partial charge in [-0.05, 0) is 51.8 Å². The van der Waals surface area contributed by atoms with Crippen molar-refractivity contribution in [2.45, 2.75) is 57.9 Å². The molecule has 1 heterocycles. The fraction of sp³-hybridized carbons (Fsp3) is 0.611. The van der Waals surface area contributed by atoms with Crippen LogP contribution in [0, 0.1) is 0 Å². The molecule has 0 unspecified atom stereocenters. The zero-order valence-corrected chi connectivity index (χ0v) is 13.1. The molecule has 0 saturated carbocycles. The van der Waals surface area contributed by atoms with Gasteiger partial charge in [-0.1, -0.05) is 37.3 Å². The van der Waals surface area contributed by atoms with E-state index in [4.69, 9.17) is 0 Å². The monoisotopic (exact) mass is 273 g/mol. The molecule has 0 N–H and O–H groups in total. The number of hydrogen-bond donors (Lipinski definition) is 0. The largest absolute Gasteiger partial charge is 0.301 e. The standard InChI is InChI=1S/C18H27NO/c1-4-8-17(20)18(16-9-6-5-7-10-16)11-13-19(14-12-18)15(2)3/h5-7,9-10,15H,4,8,11-14H2,1-3H3. The van der Waals surface area contributed by atoms with Crippen LogP contribution >= 0.6 is 0 Å². The van der Waals surface area contributed by atoms with Crippen molar-refractivity contribution in [2.24, 2.45) is 0 Å². The van der Waals surface area contributed by atoms with Gasteiger partial charge in [-0.3, -0.25) is 4.79 Å². The van der Waals surface area contributed by atoms with E-state index in [2.05, 4.69) is 49.9 Å². The molecular formula is C18H27NO. The van der Waals surface area contributed by atoms with Crippen LogP contribution in [0.3, 0.4) is 0 Å². The van der Waals surface area contributed by atoms with Gasteiger partial charge in [0.25, 0.3) is 0 Å². The van der Waals surface area contributed by atoms with E-state index in [1.54, 1.807) is 0 Å². The van der Waals surface area contributed by atoms with Gasteiger partial charge in [-0.25, -0.2) is 0 Å². The first-order valence-corrected chi connectivity index (χ1v) is 7.93. The molecule has 0 aliphatic carbocycles. The summed E-state index contributed by atoms with van der Waals surface area (Å²) in [4.78, 5) is 15.3. The van der Waals surface area contributed by atoms with E-state index in [0.717, 1.165) is 32.4 Å². The second-order valence-corrected chi connectivity index (χ2v) is 6.25. The lowest BCUT2D eigenvalue weighted by Crippen LogP contribution is -2.49. The van der Waals surface area contributed by atoms with Crippen molar-refractivity contribution < 1.29 is 4.79 Å². The second-order valence-electron chi connectivity index (χ2n) is 6.25. The minimum atomic E-state index is -0.233. The van der Waals surface area contributed by atoms with Crippen LogP contribution in [-0.4, -0.2) is 29.8 Å². The first-order chi connectivity index (χ1) is 9.60. The molecule has 0 atom stereocenters. The summed E-state index contributed by atoms with van der Waals surface area (Å²) in [5.41, 5.74) is 0.990. The Kier molecular flexibility index (Phi) is 4.98. The molecule has 2 nitrogen and oxygen atoms in total. The normalized spacial score (nSPS) is 19.2. The van der Waals surface area contributed by atoms with Crippen molar-refractivity contribution in [3.63, 3.8) is 0 Å². The Bertz CT molecular complexity index is 430. The molecule has 1 aliphatic heterocycles. The zero-order valence-electron chi connectivity index (χ0n) is 13.1. The summed E-state index contributed by atoms with van der Waals surface area (Å²) in [5.74, 6) is 0.439. The van der Waals surface area contributed by atoms with Crippen LogP contribution in [0.15, 0.2) is 30.3 Å². The SMILES string of the molecule is CCCC(=O)C1(c2ccccc2)CCN(C(C)C)CC1. The third-order valence-electron chi connectivity index (χ3n) is 4.72. The Morgan fingerprint density at radius 2 is 1.80 bits per heavy atom. The number of nitrogens with zero attached hydrogens (tertiary/aromatic N) is 1. The fourth-order valence-electron chi connectivity index (χ4n) is 3.37. The van der Waals surface area contributed by atoms with Crippen molar-refractivity contribution in [1.29, 1.82) is 0 Å². The highest BCUT2D eigenvalue weighted by atomic mass is 16.1. The third-order valence-corrected chi connectivity index (χ3v) is 4.72. The number of carbonyl (C=O) groups excluding carboxylic acids is 1. The summed E-state index contributed by atoms with van der Waals surface area (Å²) >= 11 is 0. The average Bonchev–Trinajstić information content (AvgIpc) is 2.48. The lowest BCUT2D eigenvalue weighted by molar-refractivity contribution is -0.126. The summed E-state index contributed by atoms with van der Waals surface area (Å²) < 4.78 is 0. The summed E-state index contributed by atoms with van der Waals surface area (Å²) in [6.45, 7) is 8.64. The van der Waals surface area contributed by atoms with Crippen LogP contribution < -0.4 is 0 Å². The Morgan fingerprint density at radius 3 is 2.30 bits per heavy atom. The van der Waals surface area contributed by atoms with E-state index < -0.39 is 0 Å². The minimum absolute atomic E-state index is 0.233. The number of rotatable bonds is 5. The zero-order chi connectivity index (χ0) is 14.6. The number of benzene rings is 1. The van der Waals surface area contributed by atoms with E-state index in [1.807, 2.05) is 6.07 Å². The van der Waals surface area contributed by atoms with Gasteiger partial charge in [0.05, 0.1) is 5.41 Å². The summed E-state index contributed by atoms with van der Waals surface area (Å²) in [6, 6.07) is 11.0. The van der Waals surface area contributed by atoms with Crippen LogP contribution in [0.5, 0.6) is 0 Å². The lowest BCUT2D eigenvalue weighted by Gasteiger charge is -2.42. The molecule has 110 valence electrons. The molecular weight excluding hydrogens is 246 g/mol. The summed E-state index contributed by atoms with van der Waals surface area (Å²) in [5, 5.41) is 0. The number of carbonyl (C=O) groups is 1. The molecule has 1 aromatic carbocycles. The molecule has 20 heavy (non-hydrogen) atoms. The first-order valence-electron chi connectivity index (χ1n) is 7.93. The van der Waals surface area contributed by atoms with E-state index in [0.29, 0.717) is 18.2 Å². The molecule has 1 aromatic rings. The Morgan fingerprint density at radius 1 is 1.20 bits per heavy atom. The number of likely N-dealkylation sites (tertiary alicyclic amines) is 1. The first kappa shape index (κ1) is 15.2. The van der Waals surface area contributed by atoms with E-state index in [-0.39, 0.29) is 5.41 Å². The summed E-state index contributed by atoms with van der Waals surface area (Å²) in [7, 11) is 0. The maximum atomic E-state index is 12.8. The van der Waals surface area contributed by atoms with Gasteiger partial charge in [0.1, 0.15) is 5.78 Å². The Balaban J connectivity index is 2.26. The second kappa shape index (κ2) is 6.53. The highest BCUT2D eigenvalue weighted by molar-refractivity contribution is 5.90. The van der Waals surface area contributed by atoms with Gasteiger partial charge in [-0.2, -0.15) is 0 Å². The van der Waals surface area contributed by atoms with Gasteiger partial charge in [0.2, 0.25) is 0 Å². The fourth-order valence-corrected chi connectivity index (χ4v) is 3.37. The van der Waals surface area contributed by atoms with Crippen LogP contribution in [0.25, 0.3) is 0 Å². The average molecular weight is 273 g/mol. The lowest BCUT2D eigenvalue weighted by atomic mass is 9.68. The Labute approximate surface area is 123 Å². The van der Waals surface area contributed by atoms with E-state index in [9.17, 15) is 4.79 Å². The quantitative estimate of drug-likeness (QED) is 0.813. The van der Waals surface area contributed by atoms with Gasteiger partial charge >= 0.3 is 0 Å². The molecule has 0 spiro atoms. The van der Waals surface area contributed by atoms with Gasteiger partial charge in [-0.15, -0.1) is 0 Å². The van der Waals surface area contributed by atoms with Crippen molar-refractivity contribution in [2.75, 3.05) is 13.1 Å². The molecule has 0 radical (unpaired) electrons. The maximum Gasteiger partial charge on any atom is 0.143 e. The molecule has 1 aliphatic rings. The van der Waals surface area contributed by atoms with Gasteiger partial charge in [0.15, 0.2) is 0 Å². The molecule has 2 rings (SSSR count). The van der Waals surface area contributed by atoms with Crippen molar-refractivity contribution in [3.8, 4) is 0 Å². The van der Waals surface area contributed by atoms with Crippen LogP contribution in [0.1, 0.15) is 52.0 Å². The topological polar surface area (TPSA) is 20.3 Å². The highest BCUT2D eigenvalue weighted by Gasteiger charge is 2.41. The van der Waals surface area contributed by atoms with Crippen LogP contribution in [-0.2, 0) is 10.2 Å². The molecule has 0 aromatic heterocycles. The third kappa shape index (κ3) is 2.95. The van der Waals surface area contributed by atoms with E-state index >= 15 is 0 Å². The predicted molar refractivity (Wildman–Crippen MR) is 84.0 cm³/mol. The van der Waals surface area contributed by atoms with E-state index in [1.165, 1.54) is 5.56 Å². The van der Waals surface area contributed by atoms with Crippen LogP contribution in [0.4, 0.5) is 0 Å². The molecule has 0 bridgehead atoms. The highest BCUT2D eigenvalue weighted by Crippen LogP contribution is 2.38. The van der Waals surface area contributed by atoms with Gasteiger partial charge < -0.3 is 4.90 Å². The van der Waals surface area contributed by atoms with Crippen molar-refractivity contribution >= 4 is 5.78 Å². The number of piperidine rings is 1. The number of hydrogen-bond acceptors (Lipinski definition) is 2. The smallest absolute Gasteiger partial charge is 0.143 e. The van der Waals surface area contributed by atoms with Crippen molar-refractivity contribution in [1.82, 2.24) is 4.90 Å². The number of Topliss-reactive ketones (excluding diaryl/α,β-unsaturated/α-hetero) is 1. The molecule has 2 heteroatoms. The predicted octanol–water partition coefficient (Wildman–Crippen LogP) is 3.80. The molecule has 1 fully saturated rings. The van der Waals surface area contributed by atoms with Gasteiger partial charge in [0, 0.05) is 12.5 Å². The van der Waals surface area contributed by atoms with Crippen LogP contribution in [0.2, 0.25) is 0 Å². The Hall–Kier alpha value is -1.15. The molecule has 1 saturated heterocycles. The minimum Gasteiger partial charge on any atom is -0.301 e. The molecule has 0 amide bonds.